The molecule has 1 N–H and O–H groups in total. The zero-order valence-electron chi connectivity index (χ0n) is 11.7. The summed E-state index contributed by atoms with van der Waals surface area (Å²) in [4.78, 5) is 4.36. The molecule has 2 atom stereocenters. The predicted molar refractivity (Wildman–Crippen MR) is 76.3 cm³/mol. The van der Waals surface area contributed by atoms with Crippen LogP contribution >= 0.6 is 11.6 Å². The average Bonchev–Trinajstić information content (AvgIpc) is 2.91. The summed E-state index contributed by atoms with van der Waals surface area (Å²) in [6, 6.07) is 4.58. The molecule has 1 aromatic carbocycles. The Labute approximate surface area is 122 Å². The highest BCUT2D eigenvalue weighted by molar-refractivity contribution is 6.31. The van der Waals surface area contributed by atoms with Gasteiger partial charge in [-0.2, -0.15) is 4.98 Å². The van der Waals surface area contributed by atoms with Crippen LogP contribution in [0.5, 0.6) is 0 Å². The third-order valence-electron chi connectivity index (χ3n) is 3.29. The lowest BCUT2D eigenvalue weighted by atomic mass is 10.0. The molecule has 2 rings (SSSR count). The van der Waals surface area contributed by atoms with Crippen molar-refractivity contribution in [2.24, 2.45) is 0 Å². The van der Waals surface area contributed by atoms with E-state index in [9.17, 15) is 4.39 Å². The summed E-state index contributed by atoms with van der Waals surface area (Å²) in [5, 5.41) is 7.28. The first kappa shape index (κ1) is 14.9. The van der Waals surface area contributed by atoms with Crippen LogP contribution in [0, 0.1) is 5.82 Å². The van der Waals surface area contributed by atoms with E-state index in [1.807, 2.05) is 13.8 Å². The Morgan fingerprint density at radius 2 is 2.15 bits per heavy atom. The van der Waals surface area contributed by atoms with E-state index < -0.39 is 5.82 Å². The van der Waals surface area contributed by atoms with Gasteiger partial charge < -0.3 is 9.84 Å². The van der Waals surface area contributed by atoms with Crippen LogP contribution in [0.15, 0.2) is 22.7 Å². The molecule has 20 heavy (non-hydrogen) atoms. The Kier molecular flexibility index (Phi) is 4.73. The molecule has 2 unspecified atom stereocenters. The molecule has 6 heteroatoms. The number of nitrogens with zero attached hydrogens (tertiary/aromatic N) is 2. The Bertz CT molecular complexity index is 588. The molecule has 0 aliphatic carbocycles. The van der Waals surface area contributed by atoms with Gasteiger partial charge >= 0.3 is 0 Å². The number of aromatic nitrogens is 2. The second-order valence-corrected chi connectivity index (χ2v) is 5.13. The number of nitrogens with one attached hydrogen (secondary N) is 1. The third kappa shape index (κ3) is 3.16. The van der Waals surface area contributed by atoms with Gasteiger partial charge in [-0.15, -0.1) is 0 Å². The topological polar surface area (TPSA) is 51.0 Å². The summed E-state index contributed by atoms with van der Waals surface area (Å²) in [5.41, 5.74) is 0.634. The summed E-state index contributed by atoms with van der Waals surface area (Å²) < 4.78 is 18.4. The van der Waals surface area contributed by atoms with E-state index in [0.717, 1.165) is 6.54 Å². The first-order valence-electron chi connectivity index (χ1n) is 6.55. The van der Waals surface area contributed by atoms with Crippen LogP contribution < -0.4 is 5.32 Å². The van der Waals surface area contributed by atoms with Crippen molar-refractivity contribution in [2.45, 2.75) is 32.7 Å². The van der Waals surface area contributed by atoms with Gasteiger partial charge in [0.2, 0.25) is 11.7 Å². The second kappa shape index (κ2) is 6.33. The highest BCUT2D eigenvalue weighted by Crippen LogP contribution is 2.25. The van der Waals surface area contributed by atoms with E-state index in [1.54, 1.807) is 6.07 Å². The van der Waals surface area contributed by atoms with Crippen LogP contribution in [0.2, 0.25) is 5.02 Å². The molecule has 1 heterocycles. The molecular weight excluding hydrogens is 281 g/mol. The molecule has 0 saturated heterocycles. The van der Waals surface area contributed by atoms with Crippen LogP contribution in [0.1, 0.15) is 32.6 Å². The van der Waals surface area contributed by atoms with Crippen molar-refractivity contribution in [1.82, 2.24) is 15.5 Å². The van der Waals surface area contributed by atoms with Gasteiger partial charge in [-0.05, 0) is 31.7 Å². The molecular formula is C14H17ClFN3O. The third-order valence-corrected chi connectivity index (χ3v) is 3.57. The number of rotatable bonds is 5. The van der Waals surface area contributed by atoms with Crippen molar-refractivity contribution in [3.05, 3.63) is 34.9 Å². The van der Waals surface area contributed by atoms with E-state index in [0.29, 0.717) is 17.3 Å². The maximum Gasteiger partial charge on any atom is 0.231 e. The largest absolute Gasteiger partial charge is 0.339 e. The maximum absolute atomic E-state index is 13.1. The highest BCUT2D eigenvalue weighted by Gasteiger charge is 2.20. The van der Waals surface area contributed by atoms with Gasteiger partial charge in [0.05, 0.1) is 10.9 Å². The minimum atomic E-state index is -0.465. The Balaban J connectivity index is 2.22. The van der Waals surface area contributed by atoms with Gasteiger partial charge in [-0.1, -0.05) is 30.6 Å². The van der Waals surface area contributed by atoms with Gasteiger partial charge in [-0.25, -0.2) is 4.39 Å². The standard InChI is InChI=1S/C14H17ClFN3O/c1-4-17-9(3)8(2)14-18-13(19-20-14)10-5-6-12(16)11(15)7-10/h5-9,17H,4H2,1-3H3. The molecule has 0 aliphatic heterocycles. The molecule has 4 nitrogen and oxygen atoms in total. The summed E-state index contributed by atoms with van der Waals surface area (Å²) in [5.74, 6) is 0.590. The summed E-state index contributed by atoms with van der Waals surface area (Å²) in [6.45, 7) is 7.00. The fraction of sp³-hybridized carbons (Fsp3) is 0.429. The number of hydrogen-bond donors (Lipinski definition) is 1. The lowest BCUT2D eigenvalue weighted by molar-refractivity contribution is 0.332. The van der Waals surface area contributed by atoms with Gasteiger partial charge in [0.1, 0.15) is 5.82 Å². The Morgan fingerprint density at radius 1 is 1.40 bits per heavy atom. The highest BCUT2D eigenvalue weighted by atomic mass is 35.5. The Hall–Kier alpha value is -1.46. The first-order chi connectivity index (χ1) is 9.52. The Morgan fingerprint density at radius 3 is 2.80 bits per heavy atom. The van der Waals surface area contributed by atoms with Crippen LogP contribution in [-0.2, 0) is 0 Å². The van der Waals surface area contributed by atoms with Gasteiger partial charge in [0.15, 0.2) is 0 Å². The van der Waals surface area contributed by atoms with Crippen LogP contribution in [0.3, 0.4) is 0 Å². The second-order valence-electron chi connectivity index (χ2n) is 4.72. The predicted octanol–water partition coefficient (Wildman–Crippen LogP) is 3.63. The number of benzene rings is 1. The summed E-state index contributed by atoms with van der Waals surface area (Å²) in [6.07, 6.45) is 0. The van der Waals surface area contributed by atoms with Crippen LogP contribution in [-0.4, -0.2) is 22.7 Å². The minimum Gasteiger partial charge on any atom is -0.339 e. The van der Waals surface area contributed by atoms with Crippen molar-refractivity contribution in [1.29, 1.82) is 0 Å². The van der Waals surface area contributed by atoms with E-state index in [4.69, 9.17) is 16.1 Å². The summed E-state index contributed by atoms with van der Waals surface area (Å²) in [7, 11) is 0. The van der Waals surface area contributed by atoms with Crippen molar-refractivity contribution in [2.75, 3.05) is 6.54 Å². The van der Waals surface area contributed by atoms with E-state index in [2.05, 4.69) is 22.4 Å². The van der Waals surface area contributed by atoms with Crippen molar-refractivity contribution >= 4 is 11.6 Å². The molecule has 0 bridgehead atoms. The molecule has 0 fully saturated rings. The van der Waals surface area contributed by atoms with Crippen molar-refractivity contribution in [3.63, 3.8) is 0 Å². The monoisotopic (exact) mass is 297 g/mol. The molecule has 0 aliphatic rings. The molecule has 1 aromatic heterocycles. The normalized spacial score (nSPS) is 14.2. The lowest BCUT2D eigenvalue weighted by Crippen LogP contribution is -2.30. The van der Waals surface area contributed by atoms with Crippen molar-refractivity contribution in [3.8, 4) is 11.4 Å². The van der Waals surface area contributed by atoms with E-state index in [-0.39, 0.29) is 17.0 Å². The van der Waals surface area contributed by atoms with Crippen LogP contribution in [0.4, 0.5) is 4.39 Å². The SMILES string of the molecule is CCNC(C)C(C)c1nc(-c2ccc(F)c(Cl)c2)no1. The lowest BCUT2D eigenvalue weighted by Gasteiger charge is -2.16. The van der Waals surface area contributed by atoms with Gasteiger partial charge in [0.25, 0.3) is 0 Å². The molecule has 108 valence electrons. The van der Waals surface area contributed by atoms with E-state index >= 15 is 0 Å². The fourth-order valence-electron chi connectivity index (χ4n) is 1.89. The molecule has 0 spiro atoms. The van der Waals surface area contributed by atoms with Crippen LogP contribution in [0.25, 0.3) is 11.4 Å². The average molecular weight is 298 g/mol. The number of halogens is 2. The van der Waals surface area contributed by atoms with Gasteiger partial charge in [-0.3, -0.25) is 0 Å². The van der Waals surface area contributed by atoms with Crippen molar-refractivity contribution < 1.29 is 8.91 Å². The maximum atomic E-state index is 13.1. The molecule has 0 saturated carbocycles. The smallest absolute Gasteiger partial charge is 0.231 e. The fourth-order valence-corrected chi connectivity index (χ4v) is 2.07. The van der Waals surface area contributed by atoms with E-state index in [1.165, 1.54) is 12.1 Å². The van der Waals surface area contributed by atoms with Gasteiger partial charge in [0, 0.05) is 11.6 Å². The quantitative estimate of drug-likeness (QED) is 0.915. The zero-order chi connectivity index (χ0) is 14.7. The molecule has 0 radical (unpaired) electrons. The molecule has 2 aromatic rings. The zero-order valence-corrected chi connectivity index (χ0v) is 12.4. The molecule has 0 amide bonds. The minimum absolute atomic E-state index is 0.0444. The number of likely N-dealkylation sites (N-methyl/N-ethyl adjacent to an activating group) is 1. The summed E-state index contributed by atoms with van der Waals surface area (Å²) >= 11 is 5.75. The first-order valence-corrected chi connectivity index (χ1v) is 6.93. The number of hydrogen-bond acceptors (Lipinski definition) is 4.